The van der Waals surface area contributed by atoms with Crippen LogP contribution in [-0.2, 0) is 13.9 Å². The van der Waals surface area contributed by atoms with E-state index in [-0.39, 0.29) is 0 Å². The lowest BCUT2D eigenvalue weighted by molar-refractivity contribution is 0.110. The molecule has 0 amide bonds. The highest BCUT2D eigenvalue weighted by Gasteiger charge is 2.28. The molecule has 0 bridgehead atoms. The maximum Gasteiger partial charge on any atom is 0.191 e. The Morgan fingerprint density at radius 3 is 2.18 bits per heavy atom. The fourth-order valence-electron chi connectivity index (χ4n) is 2.03. The van der Waals surface area contributed by atoms with E-state index in [1.54, 1.807) is 0 Å². The fraction of sp³-hybridized carbons (Fsp3) is 1.00. The van der Waals surface area contributed by atoms with Gasteiger partial charge >= 0.3 is 0 Å². The summed E-state index contributed by atoms with van der Waals surface area (Å²) in [5, 5.41) is 0. The Morgan fingerprint density at radius 1 is 1.06 bits per heavy atom. The van der Waals surface area contributed by atoms with Crippen molar-refractivity contribution in [2.45, 2.75) is 57.8 Å². The van der Waals surface area contributed by atoms with Gasteiger partial charge in [-0.1, -0.05) is 20.8 Å². The summed E-state index contributed by atoms with van der Waals surface area (Å²) in [6, 6.07) is 3.74. The minimum Gasteiger partial charge on any atom is -0.417 e. The SMILES string of the molecule is CC[Si](CC)(CC)OCCCCOCC1CO1. The van der Waals surface area contributed by atoms with E-state index >= 15 is 0 Å². The van der Waals surface area contributed by atoms with Gasteiger partial charge in [0.25, 0.3) is 0 Å². The normalized spacial score (nSPS) is 19.6. The molecule has 0 aliphatic carbocycles. The largest absolute Gasteiger partial charge is 0.417 e. The molecule has 17 heavy (non-hydrogen) atoms. The summed E-state index contributed by atoms with van der Waals surface area (Å²) in [6.07, 6.45) is 2.63. The van der Waals surface area contributed by atoms with Gasteiger partial charge in [0.15, 0.2) is 8.32 Å². The molecule has 1 aliphatic rings. The second kappa shape index (κ2) is 8.24. The zero-order valence-corrected chi connectivity index (χ0v) is 12.7. The summed E-state index contributed by atoms with van der Waals surface area (Å²) in [5.74, 6) is 0. The first kappa shape index (κ1) is 15.2. The second-order valence-electron chi connectivity index (χ2n) is 4.83. The first-order valence-corrected chi connectivity index (χ1v) is 9.62. The molecule has 1 saturated heterocycles. The van der Waals surface area contributed by atoms with Gasteiger partial charge in [0.2, 0.25) is 0 Å². The van der Waals surface area contributed by atoms with Crippen LogP contribution in [0.1, 0.15) is 33.6 Å². The highest BCUT2D eigenvalue weighted by Crippen LogP contribution is 2.21. The van der Waals surface area contributed by atoms with Crippen molar-refractivity contribution in [3.8, 4) is 0 Å². The van der Waals surface area contributed by atoms with Crippen LogP contribution in [0, 0.1) is 0 Å². The quantitative estimate of drug-likeness (QED) is 0.325. The number of epoxide rings is 1. The highest BCUT2D eigenvalue weighted by atomic mass is 28.4. The van der Waals surface area contributed by atoms with Crippen LogP contribution in [0.3, 0.4) is 0 Å². The molecule has 0 saturated carbocycles. The van der Waals surface area contributed by atoms with Crippen molar-refractivity contribution >= 4 is 8.32 Å². The standard InChI is InChI=1S/C13H28O3Si/c1-4-17(5-2,6-3)16-10-8-7-9-14-11-13-12-15-13/h13H,4-12H2,1-3H3. The monoisotopic (exact) mass is 260 g/mol. The van der Waals surface area contributed by atoms with E-state index in [9.17, 15) is 0 Å². The highest BCUT2D eigenvalue weighted by molar-refractivity contribution is 6.73. The smallest absolute Gasteiger partial charge is 0.191 e. The van der Waals surface area contributed by atoms with Crippen LogP contribution in [0.2, 0.25) is 18.1 Å². The molecular formula is C13H28O3Si. The average molecular weight is 260 g/mol. The number of ether oxygens (including phenoxy) is 2. The molecule has 3 nitrogen and oxygen atoms in total. The van der Waals surface area contributed by atoms with Crippen LogP contribution in [0.15, 0.2) is 0 Å². The minimum absolute atomic E-state index is 0.395. The zero-order valence-electron chi connectivity index (χ0n) is 11.7. The first-order valence-electron chi connectivity index (χ1n) is 7.09. The molecule has 1 atom stereocenters. The van der Waals surface area contributed by atoms with E-state index in [1.165, 1.54) is 18.1 Å². The van der Waals surface area contributed by atoms with E-state index in [4.69, 9.17) is 13.9 Å². The lowest BCUT2D eigenvalue weighted by Gasteiger charge is -2.27. The minimum atomic E-state index is -1.35. The van der Waals surface area contributed by atoms with Crippen LogP contribution < -0.4 is 0 Å². The van der Waals surface area contributed by atoms with Crippen LogP contribution in [0.4, 0.5) is 0 Å². The Kier molecular flexibility index (Phi) is 7.35. The summed E-state index contributed by atoms with van der Waals surface area (Å²) in [7, 11) is -1.35. The van der Waals surface area contributed by atoms with Crippen LogP contribution in [0.25, 0.3) is 0 Å². The summed E-state index contributed by atoms with van der Waals surface area (Å²) in [4.78, 5) is 0. The van der Waals surface area contributed by atoms with Gasteiger partial charge in [-0.2, -0.15) is 0 Å². The summed E-state index contributed by atoms with van der Waals surface area (Å²) < 4.78 is 16.8. The van der Waals surface area contributed by atoms with Gasteiger partial charge in [-0.15, -0.1) is 0 Å². The molecule has 0 spiro atoms. The predicted octanol–water partition coefficient (Wildman–Crippen LogP) is 3.20. The molecule has 1 unspecified atom stereocenters. The molecule has 4 heteroatoms. The molecule has 1 rings (SSSR count). The molecular weight excluding hydrogens is 232 g/mol. The molecule has 0 N–H and O–H groups in total. The molecule has 1 aliphatic heterocycles. The van der Waals surface area contributed by atoms with Gasteiger partial charge < -0.3 is 13.9 Å². The van der Waals surface area contributed by atoms with Crippen molar-refractivity contribution in [3.05, 3.63) is 0 Å². The Labute approximate surface area is 107 Å². The van der Waals surface area contributed by atoms with E-state index < -0.39 is 8.32 Å². The number of hydrogen-bond acceptors (Lipinski definition) is 3. The number of unbranched alkanes of at least 4 members (excludes halogenated alkanes) is 1. The lowest BCUT2D eigenvalue weighted by atomic mass is 10.3. The third-order valence-corrected chi connectivity index (χ3v) is 8.41. The predicted molar refractivity (Wildman–Crippen MR) is 72.9 cm³/mol. The van der Waals surface area contributed by atoms with Gasteiger partial charge in [-0.3, -0.25) is 0 Å². The Morgan fingerprint density at radius 2 is 1.65 bits per heavy atom. The van der Waals surface area contributed by atoms with Crippen LogP contribution in [-0.4, -0.2) is 40.8 Å². The van der Waals surface area contributed by atoms with Crippen molar-refractivity contribution < 1.29 is 13.9 Å². The zero-order chi connectivity index (χ0) is 12.6. The molecule has 1 heterocycles. The third-order valence-electron chi connectivity index (χ3n) is 3.73. The van der Waals surface area contributed by atoms with Gasteiger partial charge in [-0.05, 0) is 31.0 Å². The first-order chi connectivity index (χ1) is 8.26. The molecule has 0 aromatic rings. The maximum absolute atomic E-state index is 6.18. The summed E-state index contributed by atoms with van der Waals surface area (Å²) >= 11 is 0. The third kappa shape index (κ3) is 6.00. The Bertz CT molecular complexity index is 183. The molecule has 0 aromatic heterocycles. The van der Waals surface area contributed by atoms with Crippen molar-refractivity contribution in [2.75, 3.05) is 26.4 Å². The second-order valence-corrected chi connectivity index (χ2v) is 9.61. The Hall–Kier alpha value is 0.0969. The van der Waals surface area contributed by atoms with Crippen molar-refractivity contribution in [1.29, 1.82) is 0 Å². The number of rotatable bonds is 11. The topological polar surface area (TPSA) is 31.0 Å². The van der Waals surface area contributed by atoms with E-state index in [0.717, 1.165) is 39.3 Å². The van der Waals surface area contributed by atoms with Crippen molar-refractivity contribution in [1.82, 2.24) is 0 Å². The van der Waals surface area contributed by atoms with Gasteiger partial charge in [0.1, 0.15) is 6.10 Å². The maximum atomic E-state index is 6.18. The van der Waals surface area contributed by atoms with Gasteiger partial charge in [-0.25, -0.2) is 0 Å². The van der Waals surface area contributed by atoms with Crippen LogP contribution >= 0.6 is 0 Å². The Balaban J connectivity index is 1.93. The average Bonchev–Trinajstić information content (AvgIpc) is 3.18. The summed E-state index contributed by atoms with van der Waals surface area (Å²) in [6.45, 7) is 10.3. The van der Waals surface area contributed by atoms with Gasteiger partial charge in [0.05, 0.1) is 13.2 Å². The van der Waals surface area contributed by atoms with E-state index in [1.807, 2.05) is 0 Å². The van der Waals surface area contributed by atoms with Crippen molar-refractivity contribution in [3.63, 3.8) is 0 Å². The molecule has 1 fully saturated rings. The van der Waals surface area contributed by atoms with Gasteiger partial charge in [0, 0.05) is 13.2 Å². The van der Waals surface area contributed by atoms with Crippen LogP contribution in [0.5, 0.6) is 0 Å². The molecule has 0 radical (unpaired) electrons. The molecule has 102 valence electrons. The fourth-order valence-corrected chi connectivity index (χ4v) is 4.72. The number of hydrogen-bond donors (Lipinski definition) is 0. The van der Waals surface area contributed by atoms with E-state index in [0.29, 0.717) is 6.10 Å². The van der Waals surface area contributed by atoms with Crippen molar-refractivity contribution in [2.24, 2.45) is 0 Å². The van der Waals surface area contributed by atoms with E-state index in [2.05, 4.69) is 20.8 Å². The molecule has 0 aromatic carbocycles. The summed E-state index contributed by atoms with van der Waals surface area (Å²) in [5.41, 5.74) is 0. The lowest BCUT2D eigenvalue weighted by Crippen LogP contribution is -2.36.